The molecule has 2 aromatic rings. The number of hydrogen-bond acceptors (Lipinski definition) is 5. The van der Waals surface area contributed by atoms with E-state index in [0.717, 1.165) is 28.2 Å². The van der Waals surface area contributed by atoms with E-state index in [0.29, 0.717) is 11.7 Å². The molecule has 2 heterocycles. The fourth-order valence-corrected chi connectivity index (χ4v) is 3.95. The van der Waals surface area contributed by atoms with E-state index < -0.39 is 0 Å². The van der Waals surface area contributed by atoms with Gasteiger partial charge in [-0.25, -0.2) is 0 Å². The standard InChI is InChI=1S/C20H26N4O2S/c1-6-20(4,5)18-22-23-19(27-18)21-17(26)14-10-16(25)24(11-14)15-9-12(2)7-8-13(15)3/h7-9,14H,6,10-11H2,1-5H3,(H,21,23,26). The van der Waals surface area contributed by atoms with Gasteiger partial charge in [0.25, 0.3) is 0 Å². The highest BCUT2D eigenvalue weighted by Crippen LogP contribution is 2.32. The molecule has 2 amide bonds. The third kappa shape index (κ3) is 4.03. The molecule has 0 spiro atoms. The number of carbonyl (C=O) groups excluding carboxylic acids is 2. The van der Waals surface area contributed by atoms with E-state index in [1.807, 2.05) is 32.0 Å². The molecule has 1 aliphatic heterocycles. The minimum Gasteiger partial charge on any atom is -0.311 e. The summed E-state index contributed by atoms with van der Waals surface area (Å²) in [6, 6.07) is 6.02. The van der Waals surface area contributed by atoms with Gasteiger partial charge in [0.15, 0.2) is 0 Å². The monoisotopic (exact) mass is 386 g/mol. The first-order valence-electron chi connectivity index (χ1n) is 9.23. The first-order chi connectivity index (χ1) is 12.7. The molecule has 0 aliphatic carbocycles. The lowest BCUT2D eigenvalue weighted by Gasteiger charge is -2.19. The molecule has 0 saturated carbocycles. The minimum atomic E-state index is -0.385. The van der Waals surface area contributed by atoms with E-state index in [-0.39, 0.29) is 29.6 Å². The summed E-state index contributed by atoms with van der Waals surface area (Å²) in [5.74, 6) is -0.578. The largest absolute Gasteiger partial charge is 0.311 e. The van der Waals surface area contributed by atoms with Gasteiger partial charge in [-0.3, -0.25) is 9.59 Å². The molecule has 27 heavy (non-hydrogen) atoms. The van der Waals surface area contributed by atoms with Crippen LogP contribution in [0.5, 0.6) is 0 Å². The molecule has 1 atom stereocenters. The Labute approximate surface area is 164 Å². The van der Waals surface area contributed by atoms with Crippen LogP contribution in [0.4, 0.5) is 10.8 Å². The highest BCUT2D eigenvalue weighted by molar-refractivity contribution is 7.15. The van der Waals surface area contributed by atoms with Crippen LogP contribution in [-0.4, -0.2) is 28.6 Å². The summed E-state index contributed by atoms with van der Waals surface area (Å²) in [6.45, 7) is 10.7. The zero-order chi connectivity index (χ0) is 19.8. The molecule has 1 aromatic carbocycles. The van der Waals surface area contributed by atoms with Crippen molar-refractivity contribution >= 4 is 34.0 Å². The number of benzene rings is 1. The van der Waals surface area contributed by atoms with Crippen molar-refractivity contribution in [3.8, 4) is 0 Å². The number of rotatable bonds is 5. The third-order valence-corrected chi connectivity index (χ3v) is 6.47. The molecule has 1 aliphatic rings. The average Bonchev–Trinajstić information content (AvgIpc) is 3.24. The van der Waals surface area contributed by atoms with Crippen LogP contribution in [0.1, 0.15) is 49.7 Å². The van der Waals surface area contributed by atoms with Gasteiger partial charge in [0.2, 0.25) is 16.9 Å². The molecule has 6 nitrogen and oxygen atoms in total. The molecule has 1 aromatic heterocycles. The van der Waals surface area contributed by atoms with Crippen LogP contribution in [-0.2, 0) is 15.0 Å². The fourth-order valence-electron chi connectivity index (χ4n) is 3.03. The van der Waals surface area contributed by atoms with Gasteiger partial charge in [0.1, 0.15) is 5.01 Å². The smallest absolute Gasteiger partial charge is 0.231 e. The van der Waals surface area contributed by atoms with Gasteiger partial charge in [-0.15, -0.1) is 10.2 Å². The maximum atomic E-state index is 12.7. The Kier molecular flexibility index (Phi) is 5.33. The van der Waals surface area contributed by atoms with Crippen LogP contribution < -0.4 is 10.2 Å². The average molecular weight is 387 g/mol. The SMILES string of the molecule is CCC(C)(C)c1nnc(NC(=O)C2CC(=O)N(c3cc(C)ccc3C)C2)s1. The Hall–Kier alpha value is -2.28. The molecular weight excluding hydrogens is 360 g/mol. The molecule has 1 fully saturated rings. The van der Waals surface area contributed by atoms with Gasteiger partial charge in [0, 0.05) is 24.1 Å². The summed E-state index contributed by atoms with van der Waals surface area (Å²) < 4.78 is 0. The van der Waals surface area contributed by atoms with Crippen molar-refractivity contribution in [2.45, 2.75) is 52.9 Å². The second-order valence-electron chi connectivity index (χ2n) is 7.83. The maximum Gasteiger partial charge on any atom is 0.231 e. The molecule has 1 saturated heterocycles. The Balaban J connectivity index is 1.70. The van der Waals surface area contributed by atoms with Crippen molar-refractivity contribution in [2.75, 3.05) is 16.8 Å². The van der Waals surface area contributed by atoms with E-state index >= 15 is 0 Å². The number of carbonyl (C=O) groups is 2. The first kappa shape index (κ1) is 19.5. The number of aromatic nitrogens is 2. The van der Waals surface area contributed by atoms with Gasteiger partial charge in [-0.05, 0) is 37.5 Å². The summed E-state index contributed by atoms with van der Waals surface area (Å²) >= 11 is 1.40. The lowest BCUT2D eigenvalue weighted by Crippen LogP contribution is -2.28. The van der Waals surface area contributed by atoms with Gasteiger partial charge in [-0.1, -0.05) is 44.2 Å². The highest BCUT2D eigenvalue weighted by atomic mass is 32.1. The molecule has 3 rings (SSSR count). The van der Waals surface area contributed by atoms with E-state index in [2.05, 4.69) is 36.3 Å². The summed E-state index contributed by atoms with van der Waals surface area (Å²) in [7, 11) is 0. The molecule has 7 heteroatoms. The Morgan fingerprint density at radius 3 is 2.78 bits per heavy atom. The fraction of sp³-hybridized carbons (Fsp3) is 0.500. The van der Waals surface area contributed by atoms with Crippen molar-refractivity contribution in [3.63, 3.8) is 0 Å². The number of aryl methyl sites for hydroxylation is 2. The summed E-state index contributed by atoms with van der Waals surface area (Å²) in [6.07, 6.45) is 1.16. The zero-order valence-electron chi connectivity index (χ0n) is 16.5. The Morgan fingerprint density at radius 2 is 2.07 bits per heavy atom. The Bertz CT molecular complexity index is 875. The van der Waals surface area contributed by atoms with Crippen LogP contribution in [0.3, 0.4) is 0 Å². The third-order valence-electron chi connectivity index (χ3n) is 5.27. The molecule has 0 bridgehead atoms. The zero-order valence-corrected chi connectivity index (χ0v) is 17.3. The van der Waals surface area contributed by atoms with Crippen LogP contribution in [0.25, 0.3) is 0 Å². The molecule has 1 N–H and O–H groups in total. The molecule has 144 valence electrons. The molecular formula is C20H26N4O2S. The first-order valence-corrected chi connectivity index (χ1v) is 10.1. The van der Waals surface area contributed by atoms with Crippen molar-refractivity contribution in [2.24, 2.45) is 5.92 Å². The van der Waals surface area contributed by atoms with Gasteiger partial charge in [-0.2, -0.15) is 0 Å². The van der Waals surface area contributed by atoms with Crippen molar-refractivity contribution < 1.29 is 9.59 Å². The number of anilines is 2. The number of hydrogen-bond donors (Lipinski definition) is 1. The number of nitrogens with one attached hydrogen (secondary N) is 1. The maximum absolute atomic E-state index is 12.7. The van der Waals surface area contributed by atoms with Crippen LogP contribution >= 0.6 is 11.3 Å². The quantitative estimate of drug-likeness (QED) is 0.847. The molecule has 0 radical (unpaired) electrons. The second-order valence-corrected chi connectivity index (χ2v) is 8.81. The van der Waals surface area contributed by atoms with Gasteiger partial charge >= 0.3 is 0 Å². The van der Waals surface area contributed by atoms with Crippen LogP contribution in [0.2, 0.25) is 0 Å². The molecule has 1 unspecified atom stereocenters. The van der Waals surface area contributed by atoms with Crippen LogP contribution in [0, 0.1) is 19.8 Å². The summed E-state index contributed by atoms with van der Waals surface area (Å²) in [4.78, 5) is 26.9. The van der Waals surface area contributed by atoms with Crippen molar-refractivity contribution in [3.05, 3.63) is 34.3 Å². The van der Waals surface area contributed by atoms with Gasteiger partial charge < -0.3 is 10.2 Å². The van der Waals surface area contributed by atoms with Crippen molar-refractivity contribution in [1.82, 2.24) is 10.2 Å². The number of nitrogens with zero attached hydrogens (tertiary/aromatic N) is 3. The van der Waals surface area contributed by atoms with E-state index in [1.54, 1.807) is 4.90 Å². The van der Waals surface area contributed by atoms with E-state index in [1.165, 1.54) is 11.3 Å². The Morgan fingerprint density at radius 1 is 1.33 bits per heavy atom. The minimum absolute atomic E-state index is 0.0195. The number of amides is 2. The summed E-state index contributed by atoms with van der Waals surface area (Å²) in [5, 5.41) is 12.6. The topological polar surface area (TPSA) is 75.2 Å². The lowest BCUT2D eigenvalue weighted by molar-refractivity contribution is -0.122. The van der Waals surface area contributed by atoms with E-state index in [4.69, 9.17) is 0 Å². The highest BCUT2D eigenvalue weighted by Gasteiger charge is 2.36. The predicted molar refractivity (Wildman–Crippen MR) is 108 cm³/mol. The predicted octanol–water partition coefficient (Wildman–Crippen LogP) is 3.83. The normalized spacial score (nSPS) is 17.4. The van der Waals surface area contributed by atoms with E-state index in [9.17, 15) is 9.59 Å². The lowest BCUT2D eigenvalue weighted by atomic mass is 9.91. The summed E-state index contributed by atoms with van der Waals surface area (Å²) in [5.41, 5.74) is 2.95. The van der Waals surface area contributed by atoms with Crippen LogP contribution in [0.15, 0.2) is 18.2 Å². The second kappa shape index (κ2) is 7.38. The van der Waals surface area contributed by atoms with Crippen molar-refractivity contribution in [1.29, 1.82) is 0 Å². The van der Waals surface area contributed by atoms with Gasteiger partial charge in [0.05, 0.1) is 5.92 Å².